The minimum atomic E-state index is -0.441. The normalized spacial score (nSPS) is 10.6. The zero-order valence-electron chi connectivity index (χ0n) is 11.9. The number of carbonyl (C=O) groups excluding carboxylic acids is 2. The van der Waals surface area contributed by atoms with Crippen molar-refractivity contribution in [3.8, 4) is 0 Å². The predicted octanol–water partition coefficient (Wildman–Crippen LogP) is 0.526. The third kappa shape index (κ3) is 4.04. The van der Waals surface area contributed by atoms with Crippen LogP contribution >= 0.6 is 0 Å². The van der Waals surface area contributed by atoms with Gasteiger partial charge < -0.3 is 10.2 Å². The topological polar surface area (TPSA) is 91.0 Å². The first-order chi connectivity index (χ1) is 8.99. The third-order valence-electron chi connectivity index (χ3n) is 2.77. The Bertz CT molecular complexity index is 437. The second kappa shape index (κ2) is 6.86. The maximum absolute atomic E-state index is 11.8. The van der Waals surface area contributed by atoms with Crippen molar-refractivity contribution in [2.75, 3.05) is 19.6 Å². The molecule has 0 fully saturated rings. The maximum atomic E-state index is 11.8. The fourth-order valence-corrected chi connectivity index (χ4v) is 1.56. The Morgan fingerprint density at radius 2 is 1.95 bits per heavy atom. The summed E-state index contributed by atoms with van der Waals surface area (Å²) >= 11 is 0. The van der Waals surface area contributed by atoms with Gasteiger partial charge >= 0.3 is 0 Å². The highest BCUT2D eigenvalue weighted by atomic mass is 16.2. The summed E-state index contributed by atoms with van der Waals surface area (Å²) in [7, 11) is 0. The number of hydrogen-bond acceptors (Lipinski definition) is 4. The number of hydrogen-bond donors (Lipinski definition) is 2. The molecule has 19 heavy (non-hydrogen) atoms. The minimum Gasteiger partial charge on any atom is -0.342 e. The summed E-state index contributed by atoms with van der Waals surface area (Å²) in [4.78, 5) is 29.2. The van der Waals surface area contributed by atoms with Gasteiger partial charge in [0.1, 0.15) is 5.82 Å². The molecule has 0 bridgehead atoms. The van der Waals surface area contributed by atoms with Crippen LogP contribution in [0.2, 0.25) is 0 Å². The Kier molecular flexibility index (Phi) is 5.47. The van der Waals surface area contributed by atoms with Gasteiger partial charge in [-0.2, -0.15) is 0 Å². The van der Waals surface area contributed by atoms with E-state index in [9.17, 15) is 9.59 Å². The van der Waals surface area contributed by atoms with Crippen molar-refractivity contribution >= 4 is 11.8 Å². The Balaban J connectivity index is 2.53. The van der Waals surface area contributed by atoms with E-state index in [2.05, 4.69) is 20.5 Å². The molecule has 1 heterocycles. The number of likely N-dealkylation sites (N-methyl/N-ethyl adjacent to an activating group) is 1. The van der Waals surface area contributed by atoms with E-state index in [0.717, 1.165) is 0 Å². The zero-order valence-corrected chi connectivity index (χ0v) is 11.9. The quantitative estimate of drug-likeness (QED) is 0.786. The van der Waals surface area contributed by atoms with E-state index in [4.69, 9.17) is 0 Å². The molecule has 0 radical (unpaired) electrons. The lowest BCUT2D eigenvalue weighted by atomic mass is 10.2. The number of nitrogens with one attached hydrogen (secondary N) is 2. The average Bonchev–Trinajstić information content (AvgIpc) is 2.87. The van der Waals surface area contributed by atoms with Gasteiger partial charge in [-0.3, -0.25) is 14.7 Å². The largest absolute Gasteiger partial charge is 0.342 e. The van der Waals surface area contributed by atoms with Crippen molar-refractivity contribution in [1.82, 2.24) is 25.4 Å². The molecule has 1 rings (SSSR count). The molecule has 7 nitrogen and oxygen atoms in total. The Hall–Kier alpha value is -1.92. The summed E-state index contributed by atoms with van der Waals surface area (Å²) in [6.07, 6.45) is 0. The molecule has 0 atom stereocenters. The number of aromatic nitrogens is 3. The van der Waals surface area contributed by atoms with Gasteiger partial charge in [-0.25, -0.2) is 4.98 Å². The first kappa shape index (κ1) is 15.1. The second-order valence-corrected chi connectivity index (χ2v) is 4.45. The van der Waals surface area contributed by atoms with E-state index in [1.54, 1.807) is 4.90 Å². The Labute approximate surface area is 112 Å². The van der Waals surface area contributed by atoms with Crippen molar-refractivity contribution in [3.63, 3.8) is 0 Å². The van der Waals surface area contributed by atoms with Crippen molar-refractivity contribution in [2.45, 2.75) is 33.6 Å². The van der Waals surface area contributed by atoms with Crippen molar-refractivity contribution in [2.24, 2.45) is 0 Å². The monoisotopic (exact) mass is 267 g/mol. The van der Waals surface area contributed by atoms with Gasteiger partial charge in [0, 0.05) is 19.0 Å². The van der Waals surface area contributed by atoms with Crippen LogP contribution in [0.3, 0.4) is 0 Å². The molecule has 2 amide bonds. The van der Waals surface area contributed by atoms with Gasteiger partial charge in [0.05, 0.1) is 6.54 Å². The number of H-pyrrole nitrogens is 1. The van der Waals surface area contributed by atoms with Crippen LogP contribution in [0.4, 0.5) is 0 Å². The molecule has 1 aromatic heterocycles. The molecule has 7 heteroatoms. The van der Waals surface area contributed by atoms with Gasteiger partial charge in [0.2, 0.25) is 11.7 Å². The summed E-state index contributed by atoms with van der Waals surface area (Å²) in [6.45, 7) is 8.91. The van der Waals surface area contributed by atoms with Crippen LogP contribution in [0.25, 0.3) is 0 Å². The molecule has 1 aromatic rings. The number of rotatable bonds is 6. The van der Waals surface area contributed by atoms with E-state index < -0.39 is 5.91 Å². The van der Waals surface area contributed by atoms with Crippen LogP contribution in [-0.4, -0.2) is 51.5 Å². The summed E-state index contributed by atoms with van der Waals surface area (Å²) in [5.74, 6) is 0.337. The lowest BCUT2D eigenvalue weighted by Gasteiger charge is -2.18. The molecule has 0 aliphatic heterocycles. The minimum absolute atomic E-state index is 0.0356. The number of amides is 2. The molecule has 0 aliphatic carbocycles. The van der Waals surface area contributed by atoms with Crippen molar-refractivity contribution in [3.05, 3.63) is 11.6 Å². The van der Waals surface area contributed by atoms with Crippen molar-refractivity contribution < 1.29 is 9.59 Å². The number of nitrogens with zero attached hydrogens (tertiary/aromatic N) is 3. The molecular weight excluding hydrogens is 246 g/mol. The molecule has 0 aliphatic rings. The molecule has 0 spiro atoms. The molecule has 0 aromatic carbocycles. The first-order valence-electron chi connectivity index (χ1n) is 6.47. The second-order valence-electron chi connectivity index (χ2n) is 4.45. The van der Waals surface area contributed by atoms with Crippen LogP contribution in [0.5, 0.6) is 0 Å². The molecule has 2 N–H and O–H groups in total. The van der Waals surface area contributed by atoms with E-state index >= 15 is 0 Å². The molecule has 106 valence electrons. The van der Waals surface area contributed by atoms with Gasteiger partial charge in [0.25, 0.3) is 5.91 Å². The van der Waals surface area contributed by atoms with Gasteiger partial charge in [-0.15, -0.1) is 5.10 Å². The smallest absolute Gasteiger partial charge is 0.291 e. The van der Waals surface area contributed by atoms with E-state index in [-0.39, 0.29) is 24.2 Å². The van der Waals surface area contributed by atoms with Crippen LogP contribution in [0.15, 0.2) is 0 Å². The highest BCUT2D eigenvalue weighted by Crippen LogP contribution is 2.07. The van der Waals surface area contributed by atoms with E-state index in [0.29, 0.717) is 18.9 Å². The zero-order chi connectivity index (χ0) is 14.4. The fraction of sp³-hybridized carbons (Fsp3) is 0.667. The van der Waals surface area contributed by atoms with Gasteiger partial charge in [-0.1, -0.05) is 13.8 Å². The Morgan fingerprint density at radius 1 is 1.32 bits per heavy atom. The van der Waals surface area contributed by atoms with Crippen LogP contribution in [0, 0.1) is 0 Å². The van der Waals surface area contributed by atoms with Gasteiger partial charge in [0.15, 0.2) is 0 Å². The molecule has 0 saturated carbocycles. The standard InChI is InChI=1S/C12H21N5O2/c1-5-17(6-2)9(18)7-13-12(19)11-14-10(8(3)4)15-16-11/h8H,5-7H2,1-4H3,(H,13,19)(H,14,15,16). The molecule has 0 saturated heterocycles. The maximum Gasteiger partial charge on any atom is 0.291 e. The predicted molar refractivity (Wildman–Crippen MR) is 70.7 cm³/mol. The summed E-state index contributed by atoms with van der Waals surface area (Å²) in [5.41, 5.74) is 0. The first-order valence-corrected chi connectivity index (χ1v) is 6.47. The lowest BCUT2D eigenvalue weighted by Crippen LogP contribution is -2.40. The summed E-state index contributed by atoms with van der Waals surface area (Å²) < 4.78 is 0. The molecule has 0 unspecified atom stereocenters. The number of carbonyl (C=O) groups is 2. The SMILES string of the molecule is CCN(CC)C(=O)CNC(=O)c1n[nH]c(C(C)C)n1. The number of aromatic amines is 1. The van der Waals surface area contributed by atoms with E-state index in [1.165, 1.54) is 0 Å². The lowest BCUT2D eigenvalue weighted by molar-refractivity contribution is -0.129. The average molecular weight is 267 g/mol. The van der Waals surface area contributed by atoms with Crippen molar-refractivity contribution in [1.29, 1.82) is 0 Å². The third-order valence-corrected chi connectivity index (χ3v) is 2.77. The molecular formula is C12H21N5O2. The Morgan fingerprint density at radius 3 is 2.42 bits per heavy atom. The fourth-order valence-electron chi connectivity index (χ4n) is 1.56. The highest BCUT2D eigenvalue weighted by Gasteiger charge is 2.16. The van der Waals surface area contributed by atoms with Crippen LogP contribution in [0.1, 0.15) is 50.1 Å². The highest BCUT2D eigenvalue weighted by molar-refractivity contribution is 5.93. The van der Waals surface area contributed by atoms with E-state index in [1.807, 2.05) is 27.7 Å². The van der Waals surface area contributed by atoms with Gasteiger partial charge in [-0.05, 0) is 13.8 Å². The summed E-state index contributed by atoms with van der Waals surface area (Å²) in [6, 6.07) is 0. The van der Waals surface area contributed by atoms with Crippen LogP contribution in [-0.2, 0) is 4.79 Å². The van der Waals surface area contributed by atoms with Crippen LogP contribution < -0.4 is 5.32 Å². The summed E-state index contributed by atoms with van der Waals surface area (Å²) in [5, 5.41) is 9.05.